The zero-order chi connectivity index (χ0) is 13.1. The van der Waals surface area contributed by atoms with E-state index >= 15 is 0 Å². The molecule has 19 heavy (non-hydrogen) atoms. The van der Waals surface area contributed by atoms with Crippen LogP contribution in [0.3, 0.4) is 0 Å². The molecule has 88 valence electrons. The fourth-order valence-corrected chi connectivity index (χ4v) is 2.18. The van der Waals surface area contributed by atoms with E-state index in [1.165, 1.54) is 22.3 Å². The van der Waals surface area contributed by atoms with Crippen LogP contribution in [0.4, 0.5) is 0 Å². The lowest BCUT2D eigenvalue weighted by Gasteiger charge is -2.06. The van der Waals surface area contributed by atoms with Crippen LogP contribution in [0.5, 0.6) is 0 Å². The average molecular weight is 240 g/mol. The summed E-state index contributed by atoms with van der Waals surface area (Å²) >= 11 is 0. The highest BCUT2D eigenvalue weighted by Crippen LogP contribution is 2.25. The maximum Gasteiger partial charge on any atom is 0.113 e. The Morgan fingerprint density at radius 2 is 1.00 bits per heavy atom. The highest BCUT2D eigenvalue weighted by molar-refractivity contribution is 6.32. The normalized spacial score (nSPS) is 10.3. The average Bonchev–Trinajstić information content (AvgIpc) is 2.49. The maximum absolute atomic E-state index is 5.73. The van der Waals surface area contributed by atoms with E-state index in [0.29, 0.717) is 0 Å². The lowest BCUT2D eigenvalue weighted by atomic mass is 9.93. The molecule has 0 N–H and O–H groups in total. The summed E-state index contributed by atoms with van der Waals surface area (Å²) in [4.78, 5) is 0. The van der Waals surface area contributed by atoms with E-state index in [4.69, 9.17) is 7.85 Å². The van der Waals surface area contributed by atoms with Gasteiger partial charge in [0.25, 0.3) is 0 Å². The van der Waals surface area contributed by atoms with Crippen molar-refractivity contribution in [2.75, 3.05) is 0 Å². The summed E-state index contributed by atoms with van der Waals surface area (Å²) in [7, 11) is 5.73. The van der Waals surface area contributed by atoms with Crippen molar-refractivity contribution in [2.45, 2.75) is 0 Å². The molecule has 0 aromatic heterocycles. The van der Waals surface area contributed by atoms with E-state index in [9.17, 15) is 0 Å². The molecule has 0 amide bonds. The SMILES string of the molecule is [B]c1ccc(-c2cccc(-c3ccccc3)c2)cc1. The molecule has 0 unspecified atom stereocenters. The summed E-state index contributed by atoms with van der Waals surface area (Å²) in [5.74, 6) is 0. The predicted molar refractivity (Wildman–Crippen MR) is 82.7 cm³/mol. The molecule has 0 fully saturated rings. The Kier molecular flexibility index (Phi) is 3.20. The molecule has 0 saturated carbocycles. The van der Waals surface area contributed by atoms with Gasteiger partial charge in [0.1, 0.15) is 7.85 Å². The number of hydrogen-bond acceptors (Lipinski definition) is 0. The summed E-state index contributed by atoms with van der Waals surface area (Å²) in [6.07, 6.45) is 0. The summed E-state index contributed by atoms with van der Waals surface area (Å²) < 4.78 is 0. The van der Waals surface area contributed by atoms with Crippen LogP contribution < -0.4 is 5.46 Å². The fraction of sp³-hybridized carbons (Fsp3) is 0. The quantitative estimate of drug-likeness (QED) is 0.597. The summed E-state index contributed by atoms with van der Waals surface area (Å²) in [6, 6.07) is 26.9. The second kappa shape index (κ2) is 5.15. The Morgan fingerprint density at radius 1 is 0.474 bits per heavy atom. The molecular weight excluding hydrogens is 227 g/mol. The topological polar surface area (TPSA) is 0 Å². The first kappa shape index (κ1) is 11.8. The molecule has 0 aliphatic rings. The molecule has 3 rings (SSSR count). The van der Waals surface area contributed by atoms with Crippen LogP contribution in [0.25, 0.3) is 22.3 Å². The van der Waals surface area contributed by atoms with Gasteiger partial charge in [-0.05, 0) is 28.3 Å². The molecule has 3 aromatic rings. The molecule has 1 heteroatoms. The van der Waals surface area contributed by atoms with Gasteiger partial charge < -0.3 is 0 Å². The first-order valence-corrected chi connectivity index (χ1v) is 6.34. The second-order valence-corrected chi connectivity index (χ2v) is 4.57. The van der Waals surface area contributed by atoms with Crippen molar-refractivity contribution in [1.82, 2.24) is 0 Å². The predicted octanol–water partition coefficient (Wildman–Crippen LogP) is 3.81. The molecule has 0 aliphatic carbocycles. The van der Waals surface area contributed by atoms with E-state index in [1.54, 1.807) is 0 Å². The maximum atomic E-state index is 5.73. The summed E-state index contributed by atoms with van der Waals surface area (Å²) in [5.41, 5.74) is 5.66. The van der Waals surface area contributed by atoms with Gasteiger partial charge in [-0.25, -0.2) is 0 Å². The Labute approximate surface area is 115 Å². The Bertz CT molecular complexity index is 670. The monoisotopic (exact) mass is 240 g/mol. The van der Waals surface area contributed by atoms with Crippen LogP contribution in [0.2, 0.25) is 0 Å². The van der Waals surface area contributed by atoms with Gasteiger partial charge in [-0.15, -0.1) is 0 Å². The first-order chi connectivity index (χ1) is 9.33. The zero-order valence-corrected chi connectivity index (χ0v) is 10.6. The Hall–Kier alpha value is -2.28. The fourth-order valence-electron chi connectivity index (χ4n) is 2.18. The molecule has 0 aliphatic heterocycles. The molecule has 0 saturated heterocycles. The summed E-state index contributed by atoms with van der Waals surface area (Å²) in [5, 5.41) is 0. The minimum Gasteiger partial charge on any atom is -0.0966 e. The van der Waals surface area contributed by atoms with Crippen LogP contribution >= 0.6 is 0 Å². The van der Waals surface area contributed by atoms with Crippen LogP contribution in [-0.2, 0) is 0 Å². The largest absolute Gasteiger partial charge is 0.113 e. The van der Waals surface area contributed by atoms with E-state index < -0.39 is 0 Å². The van der Waals surface area contributed by atoms with E-state index in [-0.39, 0.29) is 0 Å². The van der Waals surface area contributed by atoms with Crippen LogP contribution in [0, 0.1) is 0 Å². The van der Waals surface area contributed by atoms with Gasteiger partial charge >= 0.3 is 0 Å². The highest BCUT2D eigenvalue weighted by atomic mass is 14.0. The van der Waals surface area contributed by atoms with E-state index in [0.717, 1.165) is 5.46 Å². The minimum atomic E-state index is 0.794. The van der Waals surface area contributed by atoms with Crippen molar-refractivity contribution in [2.24, 2.45) is 0 Å². The van der Waals surface area contributed by atoms with E-state index in [2.05, 4.69) is 60.7 Å². The van der Waals surface area contributed by atoms with Crippen LogP contribution in [-0.4, -0.2) is 7.85 Å². The van der Waals surface area contributed by atoms with E-state index in [1.807, 2.05) is 18.2 Å². The third-order valence-electron chi connectivity index (χ3n) is 3.21. The van der Waals surface area contributed by atoms with Crippen molar-refractivity contribution in [1.29, 1.82) is 0 Å². The third kappa shape index (κ3) is 2.60. The molecule has 0 spiro atoms. The molecule has 0 nitrogen and oxygen atoms in total. The van der Waals surface area contributed by atoms with Crippen molar-refractivity contribution in [3.8, 4) is 22.3 Å². The van der Waals surface area contributed by atoms with Gasteiger partial charge in [0, 0.05) is 0 Å². The van der Waals surface area contributed by atoms with Crippen molar-refractivity contribution < 1.29 is 0 Å². The third-order valence-corrected chi connectivity index (χ3v) is 3.21. The molecular formula is C18H13B. The van der Waals surface area contributed by atoms with Gasteiger partial charge in [0.2, 0.25) is 0 Å². The van der Waals surface area contributed by atoms with Gasteiger partial charge in [0.05, 0.1) is 0 Å². The van der Waals surface area contributed by atoms with Gasteiger partial charge in [-0.2, -0.15) is 0 Å². The van der Waals surface area contributed by atoms with Gasteiger partial charge in [0.15, 0.2) is 0 Å². The lowest BCUT2D eigenvalue weighted by Crippen LogP contribution is -1.99. The molecule has 2 radical (unpaired) electrons. The number of benzene rings is 3. The van der Waals surface area contributed by atoms with Crippen molar-refractivity contribution in [3.05, 3.63) is 78.9 Å². The van der Waals surface area contributed by atoms with Gasteiger partial charge in [-0.3, -0.25) is 0 Å². The van der Waals surface area contributed by atoms with Crippen molar-refractivity contribution in [3.63, 3.8) is 0 Å². The standard InChI is InChI=1S/C18H13B/c19-18-11-9-15(10-12-18)17-8-4-7-16(13-17)14-5-2-1-3-6-14/h1-13H. The molecule has 0 heterocycles. The number of rotatable bonds is 2. The van der Waals surface area contributed by atoms with Crippen LogP contribution in [0.1, 0.15) is 0 Å². The lowest BCUT2D eigenvalue weighted by molar-refractivity contribution is 1.59. The molecule has 3 aromatic carbocycles. The second-order valence-electron chi connectivity index (χ2n) is 4.57. The Balaban J connectivity index is 2.03. The smallest absolute Gasteiger partial charge is 0.0966 e. The van der Waals surface area contributed by atoms with Gasteiger partial charge in [-0.1, -0.05) is 78.3 Å². The molecule has 0 atom stereocenters. The Morgan fingerprint density at radius 3 is 1.63 bits per heavy atom. The van der Waals surface area contributed by atoms with Crippen molar-refractivity contribution >= 4 is 13.3 Å². The highest BCUT2D eigenvalue weighted by Gasteiger charge is 2.00. The molecule has 0 bridgehead atoms. The van der Waals surface area contributed by atoms with Crippen LogP contribution in [0.15, 0.2) is 78.9 Å². The summed E-state index contributed by atoms with van der Waals surface area (Å²) in [6.45, 7) is 0. The minimum absolute atomic E-state index is 0.794. The zero-order valence-electron chi connectivity index (χ0n) is 10.6. The first-order valence-electron chi connectivity index (χ1n) is 6.34. The number of hydrogen-bond donors (Lipinski definition) is 0.